The highest BCUT2D eigenvalue weighted by molar-refractivity contribution is 5.10. The lowest BCUT2D eigenvalue weighted by atomic mass is 9.88. The van der Waals surface area contributed by atoms with E-state index in [1.807, 2.05) is 4.68 Å². The third-order valence-electron chi connectivity index (χ3n) is 4.55. The van der Waals surface area contributed by atoms with Crippen LogP contribution < -0.4 is 5.32 Å². The van der Waals surface area contributed by atoms with Crippen molar-refractivity contribution < 1.29 is 0 Å². The van der Waals surface area contributed by atoms with E-state index in [2.05, 4.69) is 30.5 Å². The van der Waals surface area contributed by atoms with E-state index in [1.165, 1.54) is 37.8 Å². The van der Waals surface area contributed by atoms with Crippen molar-refractivity contribution in [2.45, 2.75) is 57.5 Å². The SMILES string of the molecule is Cc1cc(CC2CCC3CCCC3N2)n(C)n1. The van der Waals surface area contributed by atoms with Gasteiger partial charge in [0.25, 0.3) is 0 Å². The average Bonchev–Trinajstić information content (AvgIpc) is 2.85. The van der Waals surface area contributed by atoms with Crippen molar-refractivity contribution in [3.8, 4) is 0 Å². The number of aryl methyl sites for hydroxylation is 2. The molecule has 1 N–H and O–H groups in total. The van der Waals surface area contributed by atoms with Gasteiger partial charge in [-0.15, -0.1) is 0 Å². The highest BCUT2D eigenvalue weighted by Gasteiger charge is 2.33. The highest BCUT2D eigenvalue weighted by Crippen LogP contribution is 2.34. The minimum atomic E-state index is 0.671. The van der Waals surface area contributed by atoms with Gasteiger partial charge in [-0.2, -0.15) is 5.10 Å². The van der Waals surface area contributed by atoms with E-state index < -0.39 is 0 Å². The first-order valence-corrected chi connectivity index (χ1v) is 6.98. The molecule has 1 saturated carbocycles. The largest absolute Gasteiger partial charge is 0.311 e. The van der Waals surface area contributed by atoms with Crippen LogP contribution in [0.5, 0.6) is 0 Å². The van der Waals surface area contributed by atoms with Crippen LogP contribution in [-0.4, -0.2) is 21.9 Å². The molecule has 3 heteroatoms. The molecule has 2 aliphatic rings. The van der Waals surface area contributed by atoms with Gasteiger partial charge in [0.15, 0.2) is 0 Å². The average molecular weight is 233 g/mol. The molecule has 1 aromatic rings. The van der Waals surface area contributed by atoms with Crippen molar-refractivity contribution in [2.75, 3.05) is 0 Å². The van der Waals surface area contributed by atoms with Gasteiger partial charge in [0.2, 0.25) is 0 Å². The number of hydrogen-bond acceptors (Lipinski definition) is 2. The molecule has 0 amide bonds. The van der Waals surface area contributed by atoms with Crippen molar-refractivity contribution >= 4 is 0 Å². The summed E-state index contributed by atoms with van der Waals surface area (Å²) in [4.78, 5) is 0. The van der Waals surface area contributed by atoms with Crippen molar-refractivity contribution in [3.63, 3.8) is 0 Å². The molecule has 1 aromatic heterocycles. The molecule has 2 heterocycles. The van der Waals surface area contributed by atoms with Gasteiger partial charge in [0, 0.05) is 31.2 Å². The Morgan fingerprint density at radius 2 is 2.24 bits per heavy atom. The third-order valence-corrected chi connectivity index (χ3v) is 4.55. The molecule has 3 unspecified atom stereocenters. The van der Waals surface area contributed by atoms with E-state index in [-0.39, 0.29) is 0 Å². The second-order valence-corrected chi connectivity index (χ2v) is 5.84. The monoisotopic (exact) mass is 233 g/mol. The van der Waals surface area contributed by atoms with Crippen LogP contribution in [0.25, 0.3) is 0 Å². The molecule has 0 radical (unpaired) electrons. The number of rotatable bonds is 2. The summed E-state index contributed by atoms with van der Waals surface area (Å²) in [5.74, 6) is 0.972. The standard InChI is InChI=1S/C14H23N3/c1-10-8-13(17(2)16-10)9-12-7-6-11-4-3-5-14(11)15-12/h8,11-12,14-15H,3-7,9H2,1-2H3. The number of hydrogen-bond donors (Lipinski definition) is 1. The first-order chi connectivity index (χ1) is 8.22. The molecular formula is C14H23N3. The Morgan fingerprint density at radius 1 is 1.35 bits per heavy atom. The first-order valence-electron chi connectivity index (χ1n) is 6.98. The van der Waals surface area contributed by atoms with E-state index in [9.17, 15) is 0 Å². The topological polar surface area (TPSA) is 29.9 Å². The Morgan fingerprint density at radius 3 is 3.00 bits per heavy atom. The highest BCUT2D eigenvalue weighted by atomic mass is 15.3. The zero-order valence-electron chi connectivity index (χ0n) is 10.9. The Labute approximate surface area is 104 Å². The van der Waals surface area contributed by atoms with E-state index in [4.69, 9.17) is 0 Å². The molecule has 0 aromatic carbocycles. The van der Waals surface area contributed by atoms with Crippen LogP contribution in [0, 0.1) is 12.8 Å². The van der Waals surface area contributed by atoms with Gasteiger partial charge < -0.3 is 5.32 Å². The number of aromatic nitrogens is 2. The molecule has 1 aliphatic carbocycles. The van der Waals surface area contributed by atoms with Crippen LogP contribution in [0.1, 0.15) is 43.5 Å². The van der Waals surface area contributed by atoms with Crippen molar-refractivity contribution in [1.82, 2.24) is 15.1 Å². The summed E-state index contributed by atoms with van der Waals surface area (Å²) in [7, 11) is 2.06. The summed E-state index contributed by atoms with van der Waals surface area (Å²) in [5.41, 5.74) is 2.51. The van der Waals surface area contributed by atoms with Gasteiger partial charge >= 0.3 is 0 Å². The number of nitrogens with zero attached hydrogens (tertiary/aromatic N) is 2. The summed E-state index contributed by atoms with van der Waals surface area (Å²) >= 11 is 0. The molecule has 17 heavy (non-hydrogen) atoms. The first kappa shape index (κ1) is 11.3. The van der Waals surface area contributed by atoms with Crippen LogP contribution in [0.3, 0.4) is 0 Å². The van der Waals surface area contributed by atoms with Crippen LogP contribution in [0.2, 0.25) is 0 Å². The number of fused-ring (bicyclic) bond motifs is 1. The fraction of sp³-hybridized carbons (Fsp3) is 0.786. The molecule has 2 fully saturated rings. The molecule has 1 aliphatic heterocycles. The summed E-state index contributed by atoms with van der Waals surface area (Å²) in [6.07, 6.45) is 8.19. The van der Waals surface area contributed by atoms with Gasteiger partial charge in [-0.05, 0) is 44.6 Å². The second kappa shape index (κ2) is 4.45. The predicted molar refractivity (Wildman–Crippen MR) is 68.9 cm³/mol. The fourth-order valence-corrected chi connectivity index (χ4v) is 3.67. The van der Waals surface area contributed by atoms with Crippen LogP contribution in [0.15, 0.2) is 6.07 Å². The molecule has 0 bridgehead atoms. The summed E-state index contributed by atoms with van der Waals surface area (Å²) in [6, 6.07) is 3.70. The van der Waals surface area contributed by atoms with Gasteiger partial charge in [0.1, 0.15) is 0 Å². The van der Waals surface area contributed by atoms with Crippen LogP contribution in [-0.2, 0) is 13.5 Å². The maximum atomic E-state index is 4.43. The molecule has 0 spiro atoms. The van der Waals surface area contributed by atoms with Crippen LogP contribution >= 0.6 is 0 Å². The Kier molecular flexibility index (Phi) is 2.95. The molecular weight excluding hydrogens is 210 g/mol. The zero-order valence-corrected chi connectivity index (χ0v) is 10.9. The summed E-state index contributed by atoms with van der Waals surface area (Å²) in [6.45, 7) is 2.07. The molecule has 94 valence electrons. The van der Waals surface area contributed by atoms with E-state index in [0.717, 1.165) is 24.1 Å². The Bertz CT molecular complexity index is 396. The normalized spacial score (nSPS) is 32.7. The zero-order chi connectivity index (χ0) is 11.8. The molecule has 3 atom stereocenters. The Balaban J connectivity index is 1.64. The minimum absolute atomic E-state index is 0.671. The lowest BCUT2D eigenvalue weighted by Crippen LogP contribution is -2.46. The lowest BCUT2D eigenvalue weighted by Gasteiger charge is -2.33. The summed E-state index contributed by atoms with van der Waals surface area (Å²) in [5, 5.41) is 8.29. The second-order valence-electron chi connectivity index (χ2n) is 5.84. The molecule has 3 nitrogen and oxygen atoms in total. The predicted octanol–water partition coefficient (Wildman–Crippen LogP) is 2.19. The molecule has 1 saturated heterocycles. The quantitative estimate of drug-likeness (QED) is 0.848. The maximum absolute atomic E-state index is 4.43. The van der Waals surface area contributed by atoms with Gasteiger partial charge in [0.05, 0.1) is 5.69 Å². The number of piperidine rings is 1. The fourth-order valence-electron chi connectivity index (χ4n) is 3.67. The summed E-state index contributed by atoms with van der Waals surface area (Å²) < 4.78 is 2.04. The molecule has 3 rings (SSSR count). The Hall–Kier alpha value is -0.830. The number of nitrogens with one attached hydrogen (secondary N) is 1. The van der Waals surface area contributed by atoms with E-state index in [1.54, 1.807) is 0 Å². The van der Waals surface area contributed by atoms with Gasteiger partial charge in [-0.3, -0.25) is 4.68 Å². The maximum Gasteiger partial charge on any atom is 0.0596 e. The third kappa shape index (κ3) is 2.25. The minimum Gasteiger partial charge on any atom is -0.311 e. The van der Waals surface area contributed by atoms with Crippen molar-refractivity contribution in [1.29, 1.82) is 0 Å². The lowest BCUT2D eigenvalue weighted by molar-refractivity contribution is 0.255. The van der Waals surface area contributed by atoms with E-state index >= 15 is 0 Å². The van der Waals surface area contributed by atoms with Gasteiger partial charge in [-0.1, -0.05) is 6.42 Å². The van der Waals surface area contributed by atoms with Crippen molar-refractivity contribution in [2.24, 2.45) is 13.0 Å². The van der Waals surface area contributed by atoms with Gasteiger partial charge in [-0.25, -0.2) is 0 Å². The smallest absolute Gasteiger partial charge is 0.0596 e. The van der Waals surface area contributed by atoms with Crippen LogP contribution in [0.4, 0.5) is 0 Å². The van der Waals surface area contributed by atoms with E-state index in [0.29, 0.717) is 6.04 Å². The van der Waals surface area contributed by atoms with Crippen molar-refractivity contribution in [3.05, 3.63) is 17.5 Å².